The third kappa shape index (κ3) is 3.45. The Labute approximate surface area is 110 Å². The number of aromatic nitrogens is 1. The van der Waals surface area contributed by atoms with E-state index in [0.29, 0.717) is 30.6 Å². The topological polar surface area (TPSA) is 82.2 Å². The molecule has 0 unspecified atom stereocenters. The van der Waals surface area contributed by atoms with Crippen LogP contribution in [0.4, 0.5) is 0 Å². The first-order valence-corrected chi connectivity index (χ1v) is 5.89. The van der Waals surface area contributed by atoms with Crippen LogP contribution in [0, 0.1) is 0 Å². The molecular formula is C14H14N2O3. The molecule has 1 heterocycles. The van der Waals surface area contributed by atoms with Gasteiger partial charge in [-0.15, -0.1) is 0 Å². The second-order valence-corrected chi connectivity index (χ2v) is 4.12. The number of carbonyl (C=O) groups is 2. The molecule has 0 saturated carbocycles. The minimum atomic E-state index is -0.244. The summed E-state index contributed by atoms with van der Waals surface area (Å²) in [7, 11) is 0. The van der Waals surface area contributed by atoms with Gasteiger partial charge < -0.3 is 15.4 Å². The first-order valence-electron chi connectivity index (χ1n) is 5.89. The number of phenolic OH excluding ortho intramolecular Hbond substituents is 1. The number of rotatable bonds is 5. The molecule has 0 radical (unpaired) electrons. The van der Waals surface area contributed by atoms with Crippen LogP contribution in [0.3, 0.4) is 0 Å². The van der Waals surface area contributed by atoms with Crippen LogP contribution >= 0.6 is 0 Å². The molecule has 5 heteroatoms. The SMILES string of the molecule is O=Cc1ccc(C(=O)NCCc2ccc(O)cc2)[nH]1. The van der Waals surface area contributed by atoms with Crippen molar-refractivity contribution in [2.45, 2.75) is 6.42 Å². The second-order valence-electron chi connectivity index (χ2n) is 4.12. The van der Waals surface area contributed by atoms with E-state index in [1.807, 2.05) is 0 Å². The number of amides is 1. The van der Waals surface area contributed by atoms with Gasteiger partial charge in [0.1, 0.15) is 11.4 Å². The zero-order chi connectivity index (χ0) is 13.7. The van der Waals surface area contributed by atoms with Crippen LogP contribution < -0.4 is 5.32 Å². The van der Waals surface area contributed by atoms with Crippen LogP contribution in [-0.2, 0) is 6.42 Å². The van der Waals surface area contributed by atoms with Crippen molar-refractivity contribution in [2.24, 2.45) is 0 Å². The number of aldehydes is 1. The van der Waals surface area contributed by atoms with Crippen molar-refractivity contribution in [3.8, 4) is 5.75 Å². The lowest BCUT2D eigenvalue weighted by atomic mass is 10.1. The molecule has 3 N–H and O–H groups in total. The monoisotopic (exact) mass is 258 g/mol. The van der Waals surface area contributed by atoms with E-state index in [9.17, 15) is 9.59 Å². The molecule has 0 aliphatic carbocycles. The summed E-state index contributed by atoms with van der Waals surface area (Å²) in [6.45, 7) is 0.485. The van der Waals surface area contributed by atoms with Crippen LogP contribution in [0.5, 0.6) is 5.75 Å². The summed E-state index contributed by atoms with van der Waals surface area (Å²) >= 11 is 0. The Morgan fingerprint density at radius 2 is 1.95 bits per heavy atom. The maximum absolute atomic E-state index is 11.7. The molecule has 1 aromatic carbocycles. The average molecular weight is 258 g/mol. The molecule has 0 fully saturated rings. The van der Waals surface area contributed by atoms with E-state index in [-0.39, 0.29) is 11.7 Å². The Hall–Kier alpha value is -2.56. The van der Waals surface area contributed by atoms with E-state index in [0.717, 1.165) is 5.56 Å². The zero-order valence-electron chi connectivity index (χ0n) is 10.2. The number of benzene rings is 1. The Kier molecular flexibility index (Phi) is 3.97. The standard InChI is InChI=1S/C14H14N2O3/c17-9-11-3-6-13(16-11)14(19)15-8-7-10-1-4-12(18)5-2-10/h1-6,9,16,18H,7-8H2,(H,15,19). The fourth-order valence-corrected chi connectivity index (χ4v) is 1.69. The molecule has 0 aliphatic rings. The largest absolute Gasteiger partial charge is 0.508 e. The van der Waals surface area contributed by atoms with Gasteiger partial charge in [-0.1, -0.05) is 12.1 Å². The molecule has 98 valence electrons. The van der Waals surface area contributed by atoms with Crippen molar-refractivity contribution < 1.29 is 14.7 Å². The molecule has 1 aromatic heterocycles. The third-order valence-corrected chi connectivity index (χ3v) is 2.72. The number of H-pyrrole nitrogens is 1. The predicted octanol–water partition coefficient (Wildman–Crippen LogP) is 1.51. The smallest absolute Gasteiger partial charge is 0.267 e. The van der Waals surface area contributed by atoms with Crippen molar-refractivity contribution in [3.05, 3.63) is 53.3 Å². The van der Waals surface area contributed by atoms with E-state index in [4.69, 9.17) is 5.11 Å². The van der Waals surface area contributed by atoms with Gasteiger partial charge in [-0.2, -0.15) is 0 Å². The molecule has 5 nitrogen and oxygen atoms in total. The molecular weight excluding hydrogens is 244 g/mol. The summed E-state index contributed by atoms with van der Waals surface area (Å²) in [5.74, 6) is -0.0209. The summed E-state index contributed by atoms with van der Waals surface area (Å²) in [5.41, 5.74) is 1.77. The van der Waals surface area contributed by atoms with Crippen molar-refractivity contribution in [2.75, 3.05) is 6.54 Å². The normalized spacial score (nSPS) is 10.1. The van der Waals surface area contributed by atoms with Crippen LogP contribution in [0.25, 0.3) is 0 Å². The van der Waals surface area contributed by atoms with E-state index in [1.165, 1.54) is 0 Å². The van der Waals surface area contributed by atoms with Gasteiger partial charge in [0.25, 0.3) is 5.91 Å². The molecule has 0 bridgehead atoms. The third-order valence-electron chi connectivity index (χ3n) is 2.72. The fourth-order valence-electron chi connectivity index (χ4n) is 1.69. The van der Waals surface area contributed by atoms with Gasteiger partial charge >= 0.3 is 0 Å². The van der Waals surface area contributed by atoms with Gasteiger partial charge in [0.05, 0.1) is 5.69 Å². The number of aromatic hydroxyl groups is 1. The maximum atomic E-state index is 11.7. The van der Waals surface area contributed by atoms with Crippen molar-refractivity contribution in [1.29, 1.82) is 0 Å². The Balaban J connectivity index is 1.83. The van der Waals surface area contributed by atoms with Gasteiger partial charge in [-0.25, -0.2) is 0 Å². The first kappa shape index (κ1) is 12.9. The molecule has 2 rings (SSSR count). The summed E-state index contributed by atoms with van der Waals surface area (Å²) in [6, 6.07) is 9.96. The highest BCUT2D eigenvalue weighted by Gasteiger charge is 2.07. The summed E-state index contributed by atoms with van der Waals surface area (Å²) < 4.78 is 0. The molecule has 19 heavy (non-hydrogen) atoms. The minimum absolute atomic E-state index is 0.223. The summed E-state index contributed by atoms with van der Waals surface area (Å²) in [4.78, 5) is 24.9. The molecule has 0 aliphatic heterocycles. The van der Waals surface area contributed by atoms with Crippen LogP contribution in [-0.4, -0.2) is 28.8 Å². The van der Waals surface area contributed by atoms with E-state index >= 15 is 0 Å². The molecule has 2 aromatic rings. The molecule has 1 amide bonds. The fraction of sp³-hybridized carbons (Fsp3) is 0.143. The van der Waals surface area contributed by atoms with Gasteiger partial charge in [0.15, 0.2) is 6.29 Å². The highest BCUT2D eigenvalue weighted by atomic mass is 16.3. The van der Waals surface area contributed by atoms with Crippen molar-refractivity contribution >= 4 is 12.2 Å². The second kappa shape index (κ2) is 5.86. The summed E-state index contributed by atoms with van der Waals surface area (Å²) in [5, 5.41) is 11.9. The number of nitrogens with one attached hydrogen (secondary N) is 2. The van der Waals surface area contributed by atoms with Crippen LogP contribution in [0.2, 0.25) is 0 Å². The summed E-state index contributed by atoms with van der Waals surface area (Å²) in [6.07, 6.45) is 1.33. The van der Waals surface area contributed by atoms with E-state index in [1.54, 1.807) is 36.4 Å². The van der Waals surface area contributed by atoms with Crippen molar-refractivity contribution in [3.63, 3.8) is 0 Å². The van der Waals surface area contributed by atoms with Crippen molar-refractivity contribution in [1.82, 2.24) is 10.3 Å². The quantitative estimate of drug-likeness (QED) is 0.711. The lowest BCUT2D eigenvalue weighted by Crippen LogP contribution is -2.26. The number of hydrogen-bond acceptors (Lipinski definition) is 3. The highest BCUT2D eigenvalue weighted by Crippen LogP contribution is 2.09. The minimum Gasteiger partial charge on any atom is -0.508 e. The Morgan fingerprint density at radius 1 is 1.21 bits per heavy atom. The van der Waals surface area contributed by atoms with E-state index < -0.39 is 0 Å². The average Bonchev–Trinajstić information content (AvgIpc) is 2.90. The van der Waals surface area contributed by atoms with Gasteiger partial charge in [0, 0.05) is 6.54 Å². The number of carbonyl (C=O) groups excluding carboxylic acids is 2. The zero-order valence-corrected chi connectivity index (χ0v) is 10.2. The Morgan fingerprint density at radius 3 is 2.58 bits per heavy atom. The lowest BCUT2D eigenvalue weighted by molar-refractivity contribution is 0.0949. The van der Waals surface area contributed by atoms with Crippen LogP contribution in [0.1, 0.15) is 26.5 Å². The number of aromatic amines is 1. The molecule has 0 atom stereocenters. The maximum Gasteiger partial charge on any atom is 0.267 e. The molecule has 0 saturated heterocycles. The van der Waals surface area contributed by atoms with Gasteiger partial charge in [0.2, 0.25) is 0 Å². The van der Waals surface area contributed by atoms with Gasteiger partial charge in [-0.3, -0.25) is 9.59 Å². The Bertz CT molecular complexity index is 573. The van der Waals surface area contributed by atoms with E-state index in [2.05, 4.69) is 10.3 Å². The number of phenols is 1. The highest BCUT2D eigenvalue weighted by molar-refractivity contribution is 5.93. The van der Waals surface area contributed by atoms with Gasteiger partial charge in [-0.05, 0) is 36.2 Å². The molecule has 0 spiro atoms. The van der Waals surface area contributed by atoms with Crippen LogP contribution in [0.15, 0.2) is 36.4 Å². The number of hydrogen-bond donors (Lipinski definition) is 3. The first-order chi connectivity index (χ1) is 9.19. The predicted molar refractivity (Wildman–Crippen MR) is 70.3 cm³/mol. The lowest BCUT2D eigenvalue weighted by Gasteiger charge is -2.04.